The molecule has 6 nitrogen and oxygen atoms in total. The van der Waals surface area contributed by atoms with Crippen LogP contribution in [-0.2, 0) is 16.1 Å². The van der Waals surface area contributed by atoms with Crippen LogP contribution in [0.25, 0.3) is 0 Å². The Morgan fingerprint density at radius 2 is 1.82 bits per heavy atom. The molecular weight excluding hydrogens is 380 g/mol. The summed E-state index contributed by atoms with van der Waals surface area (Å²) in [6.45, 7) is 11.7. The van der Waals surface area contributed by atoms with Gasteiger partial charge >= 0.3 is 5.97 Å². The Hall–Kier alpha value is -1.82. The zero-order chi connectivity index (χ0) is 21.2. The zero-order valence-electron chi connectivity index (χ0n) is 17.7. The first-order chi connectivity index (χ1) is 13.1. The summed E-state index contributed by atoms with van der Waals surface area (Å²) in [5, 5.41) is 0. The van der Waals surface area contributed by atoms with Crippen LogP contribution in [0.5, 0.6) is 0 Å². The fraction of sp³-hybridized carbons (Fsp3) is 0.667. The molecule has 0 aromatic carbocycles. The zero-order valence-corrected chi connectivity index (χ0v) is 18.5. The highest BCUT2D eigenvalue weighted by atomic mass is 35.5. The average Bonchev–Trinajstić information content (AvgIpc) is 3.44. The van der Waals surface area contributed by atoms with Crippen molar-refractivity contribution in [3.8, 4) is 0 Å². The smallest absolute Gasteiger partial charge is 0.355 e. The van der Waals surface area contributed by atoms with Crippen molar-refractivity contribution in [2.45, 2.75) is 67.0 Å². The van der Waals surface area contributed by atoms with Crippen LogP contribution in [0.4, 0.5) is 0 Å². The van der Waals surface area contributed by atoms with E-state index < -0.39 is 11.4 Å². The van der Waals surface area contributed by atoms with Crippen molar-refractivity contribution in [3.63, 3.8) is 0 Å². The molecule has 0 bridgehead atoms. The first-order valence-corrected chi connectivity index (χ1v) is 10.4. The van der Waals surface area contributed by atoms with Crippen LogP contribution in [0, 0.1) is 19.3 Å². The number of rotatable bonds is 9. The lowest BCUT2D eigenvalue weighted by molar-refractivity contribution is -0.139. The summed E-state index contributed by atoms with van der Waals surface area (Å²) in [5.41, 5.74) is 1.54. The summed E-state index contributed by atoms with van der Waals surface area (Å²) in [4.78, 5) is 40.2. The Kier molecular flexibility index (Phi) is 6.97. The minimum Gasteiger partial charge on any atom is -0.461 e. The fourth-order valence-electron chi connectivity index (χ4n) is 3.60. The Morgan fingerprint density at radius 3 is 2.29 bits per heavy atom. The largest absolute Gasteiger partial charge is 0.461 e. The molecule has 1 fully saturated rings. The van der Waals surface area contributed by atoms with Gasteiger partial charge in [0.05, 0.1) is 18.6 Å². The van der Waals surface area contributed by atoms with E-state index in [2.05, 4.69) is 0 Å². The SMILES string of the molecule is CCOC(=O)c1c(C)c(C(=O)CN(C(=O)C(C)(C)CCl)C2CC2)c(C)n1CC. The molecule has 0 aliphatic heterocycles. The maximum atomic E-state index is 13.2. The Balaban J connectivity index is 2.38. The molecule has 0 atom stereocenters. The van der Waals surface area contributed by atoms with E-state index in [4.69, 9.17) is 16.3 Å². The second-order valence-corrected chi connectivity index (χ2v) is 8.27. The molecule has 2 rings (SSSR count). The monoisotopic (exact) mass is 410 g/mol. The first-order valence-electron chi connectivity index (χ1n) is 9.87. The Morgan fingerprint density at radius 1 is 1.21 bits per heavy atom. The number of ether oxygens (including phenoxy) is 1. The number of carbonyl (C=O) groups excluding carboxylic acids is 3. The highest BCUT2D eigenvalue weighted by Crippen LogP contribution is 2.33. The molecule has 0 unspecified atom stereocenters. The molecule has 1 amide bonds. The lowest BCUT2D eigenvalue weighted by atomic mass is 9.93. The van der Waals surface area contributed by atoms with Crippen LogP contribution < -0.4 is 0 Å². The number of ketones is 1. The number of carbonyl (C=O) groups is 3. The normalized spacial score (nSPS) is 14.1. The van der Waals surface area contributed by atoms with Gasteiger partial charge in [0.2, 0.25) is 5.91 Å². The van der Waals surface area contributed by atoms with E-state index in [1.165, 1.54) is 0 Å². The summed E-state index contributed by atoms with van der Waals surface area (Å²) in [5.74, 6) is -0.490. The maximum Gasteiger partial charge on any atom is 0.355 e. The van der Waals surface area contributed by atoms with Crippen molar-refractivity contribution >= 4 is 29.3 Å². The number of Topliss-reactive ketones (excluding diaryl/α,β-unsaturated/α-hetero) is 1. The lowest BCUT2D eigenvalue weighted by Crippen LogP contribution is -2.45. The van der Waals surface area contributed by atoms with Crippen LogP contribution in [-0.4, -0.2) is 52.2 Å². The Labute approximate surface area is 172 Å². The van der Waals surface area contributed by atoms with Crippen LogP contribution in [0.15, 0.2) is 0 Å². The fourth-order valence-corrected chi connectivity index (χ4v) is 3.71. The van der Waals surface area contributed by atoms with Crippen molar-refractivity contribution in [1.82, 2.24) is 9.47 Å². The van der Waals surface area contributed by atoms with Gasteiger partial charge in [0, 0.05) is 29.7 Å². The van der Waals surface area contributed by atoms with E-state index in [0.717, 1.165) is 18.5 Å². The van der Waals surface area contributed by atoms with Gasteiger partial charge in [0.1, 0.15) is 5.69 Å². The topological polar surface area (TPSA) is 68.6 Å². The third kappa shape index (κ3) is 4.27. The summed E-state index contributed by atoms with van der Waals surface area (Å²) in [6.07, 6.45) is 1.80. The number of alkyl halides is 1. The summed E-state index contributed by atoms with van der Waals surface area (Å²) in [6, 6.07) is 0.0948. The molecule has 1 aliphatic rings. The van der Waals surface area contributed by atoms with Gasteiger partial charge in [-0.2, -0.15) is 0 Å². The molecule has 0 spiro atoms. The van der Waals surface area contributed by atoms with Gasteiger partial charge in [0.25, 0.3) is 0 Å². The number of aromatic nitrogens is 1. The number of esters is 1. The van der Waals surface area contributed by atoms with E-state index in [1.807, 2.05) is 18.4 Å². The second kappa shape index (κ2) is 8.68. The molecule has 0 radical (unpaired) electrons. The van der Waals surface area contributed by atoms with E-state index >= 15 is 0 Å². The summed E-state index contributed by atoms with van der Waals surface area (Å²) < 4.78 is 6.99. The molecule has 0 saturated heterocycles. The molecule has 28 heavy (non-hydrogen) atoms. The second-order valence-electron chi connectivity index (χ2n) is 8.00. The highest BCUT2D eigenvalue weighted by Gasteiger charge is 2.41. The maximum absolute atomic E-state index is 13.2. The van der Waals surface area contributed by atoms with Crippen LogP contribution in [0.1, 0.15) is 72.6 Å². The van der Waals surface area contributed by atoms with E-state index in [9.17, 15) is 14.4 Å². The third-order valence-corrected chi connectivity index (χ3v) is 5.97. The number of hydrogen-bond donors (Lipinski definition) is 0. The summed E-state index contributed by atoms with van der Waals surface area (Å²) >= 11 is 5.98. The molecule has 1 aromatic heterocycles. The van der Waals surface area contributed by atoms with Gasteiger partial charge < -0.3 is 14.2 Å². The van der Waals surface area contributed by atoms with Gasteiger partial charge in [-0.05, 0) is 59.9 Å². The molecule has 1 heterocycles. The van der Waals surface area contributed by atoms with E-state index in [-0.39, 0.29) is 36.8 Å². The lowest BCUT2D eigenvalue weighted by Gasteiger charge is -2.30. The van der Waals surface area contributed by atoms with Gasteiger partial charge in [-0.3, -0.25) is 9.59 Å². The molecule has 1 saturated carbocycles. The molecule has 7 heteroatoms. The van der Waals surface area contributed by atoms with E-state index in [0.29, 0.717) is 23.4 Å². The number of hydrogen-bond acceptors (Lipinski definition) is 4. The van der Waals surface area contributed by atoms with Crippen molar-refractivity contribution in [2.75, 3.05) is 19.0 Å². The van der Waals surface area contributed by atoms with Crippen molar-refractivity contribution in [1.29, 1.82) is 0 Å². The standard InChI is InChI=1S/C21H31ClN2O4/c1-7-23-14(4)17(13(3)18(23)19(26)28-8-2)16(25)11-24(15-9-10-15)20(27)21(5,6)12-22/h15H,7-12H2,1-6H3. The van der Waals surface area contributed by atoms with Crippen molar-refractivity contribution in [3.05, 3.63) is 22.5 Å². The third-order valence-electron chi connectivity index (χ3n) is 5.31. The number of halogens is 1. The predicted molar refractivity (Wildman–Crippen MR) is 109 cm³/mol. The predicted octanol–water partition coefficient (Wildman–Crippen LogP) is 3.74. The quantitative estimate of drug-likeness (QED) is 0.353. The molecule has 156 valence electrons. The highest BCUT2D eigenvalue weighted by molar-refractivity contribution is 6.20. The number of nitrogens with zero attached hydrogens (tertiary/aromatic N) is 2. The van der Waals surface area contributed by atoms with Gasteiger partial charge in [-0.15, -0.1) is 11.6 Å². The van der Waals surface area contributed by atoms with Crippen molar-refractivity contribution in [2.24, 2.45) is 5.41 Å². The van der Waals surface area contributed by atoms with Crippen LogP contribution >= 0.6 is 11.6 Å². The first kappa shape index (κ1) is 22.5. The molecular formula is C21H31ClN2O4. The van der Waals surface area contributed by atoms with Crippen LogP contribution in [0.2, 0.25) is 0 Å². The minimum absolute atomic E-state index is 0.00148. The Bertz CT molecular complexity index is 778. The molecule has 1 aromatic rings. The van der Waals surface area contributed by atoms with Gasteiger partial charge in [-0.25, -0.2) is 4.79 Å². The van der Waals surface area contributed by atoms with Crippen LogP contribution in [0.3, 0.4) is 0 Å². The van der Waals surface area contributed by atoms with Gasteiger partial charge in [-0.1, -0.05) is 0 Å². The average molecular weight is 411 g/mol. The molecule has 0 N–H and O–H groups in total. The van der Waals surface area contributed by atoms with E-state index in [1.54, 1.807) is 32.6 Å². The molecule has 1 aliphatic carbocycles. The minimum atomic E-state index is -0.722. The van der Waals surface area contributed by atoms with Crippen molar-refractivity contribution < 1.29 is 19.1 Å². The summed E-state index contributed by atoms with van der Waals surface area (Å²) in [7, 11) is 0. The number of amides is 1. The van der Waals surface area contributed by atoms with Gasteiger partial charge in [0.15, 0.2) is 5.78 Å².